The van der Waals surface area contributed by atoms with Crippen molar-refractivity contribution in [2.75, 3.05) is 23.7 Å². The number of nitrogens with two attached hydrogens (primary N) is 1. The molecule has 0 unspecified atom stereocenters. The number of ether oxygens (including phenoxy) is 1. The Bertz CT molecular complexity index is 993. The SMILES string of the molecule is Cc1ccc(C(N)=O)cc1Nc1nc(Cl)nc(N[C@@H]2CCN(C(=O)OC(C)(C)C)C2)n1. The second kappa shape index (κ2) is 8.93. The molecule has 2 aromatic rings. The first-order valence-corrected chi connectivity index (χ1v) is 10.2. The first-order chi connectivity index (χ1) is 14.5. The number of hydrogen-bond donors (Lipinski definition) is 3. The Morgan fingerprint density at radius 1 is 1.23 bits per heavy atom. The summed E-state index contributed by atoms with van der Waals surface area (Å²) in [6.07, 6.45) is 0.364. The van der Waals surface area contributed by atoms with E-state index < -0.39 is 11.5 Å². The molecule has 0 aliphatic carbocycles. The second-order valence-electron chi connectivity index (χ2n) is 8.33. The molecule has 166 valence electrons. The van der Waals surface area contributed by atoms with Crippen LogP contribution in [0.5, 0.6) is 0 Å². The monoisotopic (exact) mass is 447 g/mol. The van der Waals surface area contributed by atoms with Gasteiger partial charge in [-0.1, -0.05) is 6.07 Å². The van der Waals surface area contributed by atoms with Crippen molar-refractivity contribution < 1.29 is 14.3 Å². The maximum absolute atomic E-state index is 12.2. The number of aryl methyl sites for hydroxylation is 1. The lowest BCUT2D eigenvalue weighted by atomic mass is 10.1. The van der Waals surface area contributed by atoms with E-state index >= 15 is 0 Å². The average Bonchev–Trinajstić information content (AvgIpc) is 3.10. The van der Waals surface area contributed by atoms with Crippen molar-refractivity contribution in [1.82, 2.24) is 19.9 Å². The zero-order valence-electron chi connectivity index (χ0n) is 17.9. The quantitative estimate of drug-likeness (QED) is 0.636. The van der Waals surface area contributed by atoms with Crippen LogP contribution in [-0.2, 0) is 4.74 Å². The van der Waals surface area contributed by atoms with Gasteiger partial charge in [0.2, 0.25) is 23.1 Å². The summed E-state index contributed by atoms with van der Waals surface area (Å²) in [6, 6.07) is 4.98. The van der Waals surface area contributed by atoms with Gasteiger partial charge in [0.15, 0.2) is 0 Å². The molecule has 1 saturated heterocycles. The lowest BCUT2D eigenvalue weighted by Gasteiger charge is -2.24. The number of hydrogen-bond acceptors (Lipinski definition) is 8. The molecule has 31 heavy (non-hydrogen) atoms. The topological polar surface area (TPSA) is 135 Å². The van der Waals surface area contributed by atoms with Crippen LogP contribution >= 0.6 is 11.6 Å². The Hall–Kier alpha value is -3.14. The summed E-state index contributed by atoms with van der Waals surface area (Å²) in [7, 11) is 0. The molecule has 0 radical (unpaired) electrons. The predicted molar refractivity (Wildman–Crippen MR) is 118 cm³/mol. The summed E-state index contributed by atoms with van der Waals surface area (Å²) in [4.78, 5) is 37.9. The molecular weight excluding hydrogens is 422 g/mol. The van der Waals surface area contributed by atoms with Crippen LogP contribution in [0.4, 0.5) is 22.4 Å². The van der Waals surface area contributed by atoms with E-state index in [0.717, 1.165) is 5.56 Å². The Morgan fingerprint density at radius 3 is 2.61 bits per heavy atom. The maximum atomic E-state index is 12.2. The number of amides is 2. The third-order valence-corrected chi connectivity index (χ3v) is 4.72. The summed E-state index contributed by atoms with van der Waals surface area (Å²) in [6.45, 7) is 8.39. The van der Waals surface area contributed by atoms with Gasteiger partial charge in [-0.3, -0.25) is 4.79 Å². The Morgan fingerprint density at radius 2 is 1.94 bits per heavy atom. The van der Waals surface area contributed by atoms with Crippen molar-refractivity contribution in [3.05, 3.63) is 34.6 Å². The number of carbonyl (C=O) groups excluding carboxylic acids is 2. The van der Waals surface area contributed by atoms with Crippen LogP contribution in [0.25, 0.3) is 0 Å². The average molecular weight is 448 g/mol. The van der Waals surface area contributed by atoms with E-state index in [2.05, 4.69) is 25.6 Å². The molecule has 1 aromatic carbocycles. The number of carbonyl (C=O) groups is 2. The smallest absolute Gasteiger partial charge is 0.410 e. The van der Waals surface area contributed by atoms with Crippen molar-refractivity contribution in [3.8, 4) is 0 Å². The van der Waals surface area contributed by atoms with Crippen LogP contribution in [0.2, 0.25) is 5.28 Å². The first kappa shape index (κ1) is 22.5. The fraction of sp³-hybridized carbons (Fsp3) is 0.450. The van der Waals surface area contributed by atoms with Crippen LogP contribution in [0.15, 0.2) is 18.2 Å². The number of nitrogens with zero attached hydrogens (tertiary/aromatic N) is 4. The number of nitrogens with one attached hydrogen (secondary N) is 2. The fourth-order valence-electron chi connectivity index (χ4n) is 3.05. The standard InChI is InChI=1S/C20H26ClN7O3/c1-11-5-6-12(15(22)29)9-14(11)24-18-26-16(21)25-17(27-18)23-13-7-8-28(10-13)19(30)31-20(2,3)4/h5-6,9,13H,7-8,10H2,1-4H3,(H2,22,29)(H2,23,24,25,26,27)/t13-/m1/s1. The van der Waals surface area contributed by atoms with Gasteiger partial charge < -0.3 is 26.0 Å². The molecule has 10 nitrogen and oxygen atoms in total. The number of aromatic nitrogens is 3. The first-order valence-electron chi connectivity index (χ1n) is 9.84. The highest BCUT2D eigenvalue weighted by Gasteiger charge is 2.30. The van der Waals surface area contributed by atoms with E-state index in [1.807, 2.05) is 27.7 Å². The molecule has 11 heteroatoms. The van der Waals surface area contributed by atoms with Gasteiger partial charge in [0.1, 0.15) is 5.60 Å². The molecule has 0 spiro atoms. The van der Waals surface area contributed by atoms with E-state index in [-0.39, 0.29) is 29.3 Å². The van der Waals surface area contributed by atoms with E-state index in [9.17, 15) is 9.59 Å². The number of halogens is 1. The molecule has 2 heterocycles. The third-order valence-electron chi connectivity index (χ3n) is 4.55. The second-order valence-corrected chi connectivity index (χ2v) is 8.66. The molecule has 2 amide bonds. The number of anilines is 3. The summed E-state index contributed by atoms with van der Waals surface area (Å²) in [5, 5.41) is 6.24. The molecule has 1 fully saturated rings. The van der Waals surface area contributed by atoms with E-state index in [4.69, 9.17) is 22.1 Å². The van der Waals surface area contributed by atoms with Gasteiger partial charge in [0.05, 0.1) is 0 Å². The van der Waals surface area contributed by atoms with Crippen LogP contribution < -0.4 is 16.4 Å². The van der Waals surface area contributed by atoms with Crippen molar-refractivity contribution >= 4 is 41.2 Å². The van der Waals surface area contributed by atoms with E-state index in [0.29, 0.717) is 30.8 Å². The number of benzene rings is 1. The molecule has 1 aliphatic rings. The Balaban J connectivity index is 1.69. The minimum atomic E-state index is -0.547. The molecular formula is C20H26ClN7O3. The molecule has 1 atom stereocenters. The summed E-state index contributed by atoms with van der Waals surface area (Å²) in [5.74, 6) is -0.0358. The van der Waals surface area contributed by atoms with Gasteiger partial charge in [-0.2, -0.15) is 15.0 Å². The van der Waals surface area contributed by atoms with E-state index in [1.54, 1.807) is 23.1 Å². The highest BCUT2D eigenvalue weighted by Crippen LogP contribution is 2.22. The molecule has 1 aromatic heterocycles. The molecule has 0 saturated carbocycles. The lowest BCUT2D eigenvalue weighted by molar-refractivity contribution is 0.0293. The van der Waals surface area contributed by atoms with Gasteiger partial charge in [0, 0.05) is 30.4 Å². The highest BCUT2D eigenvalue weighted by atomic mass is 35.5. The van der Waals surface area contributed by atoms with Crippen molar-refractivity contribution in [2.24, 2.45) is 5.73 Å². The normalized spacial score (nSPS) is 16.2. The van der Waals surface area contributed by atoms with Crippen molar-refractivity contribution in [3.63, 3.8) is 0 Å². The van der Waals surface area contributed by atoms with Gasteiger partial charge in [-0.05, 0) is 63.4 Å². The van der Waals surface area contributed by atoms with Gasteiger partial charge >= 0.3 is 6.09 Å². The zero-order chi connectivity index (χ0) is 22.8. The Kier molecular flexibility index (Phi) is 6.49. The summed E-state index contributed by atoms with van der Waals surface area (Å²) in [5.41, 5.74) is 6.67. The predicted octanol–water partition coefficient (Wildman–Crippen LogP) is 3.10. The minimum absolute atomic E-state index is 0.00528. The van der Waals surface area contributed by atoms with Crippen molar-refractivity contribution in [1.29, 1.82) is 0 Å². The summed E-state index contributed by atoms with van der Waals surface area (Å²) < 4.78 is 5.42. The number of likely N-dealkylation sites (tertiary alicyclic amines) is 1. The molecule has 3 rings (SSSR count). The molecule has 4 N–H and O–H groups in total. The van der Waals surface area contributed by atoms with Gasteiger partial charge in [-0.25, -0.2) is 4.79 Å². The fourth-order valence-corrected chi connectivity index (χ4v) is 3.21. The zero-order valence-corrected chi connectivity index (χ0v) is 18.7. The highest BCUT2D eigenvalue weighted by molar-refractivity contribution is 6.28. The Labute approximate surface area is 185 Å². The molecule has 1 aliphatic heterocycles. The third kappa shape index (κ3) is 6.17. The van der Waals surface area contributed by atoms with Gasteiger partial charge in [-0.15, -0.1) is 0 Å². The van der Waals surface area contributed by atoms with E-state index in [1.165, 1.54) is 0 Å². The molecule has 0 bridgehead atoms. The summed E-state index contributed by atoms with van der Waals surface area (Å²) >= 11 is 6.07. The van der Waals surface area contributed by atoms with Crippen LogP contribution in [0, 0.1) is 6.92 Å². The number of primary amides is 1. The minimum Gasteiger partial charge on any atom is -0.444 e. The largest absolute Gasteiger partial charge is 0.444 e. The number of rotatable bonds is 5. The van der Waals surface area contributed by atoms with Crippen LogP contribution in [-0.4, -0.2) is 56.6 Å². The van der Waals surface area contributed by atoms with Gasteiger partial charge in [0.25, 0.3) is 0 Å². The maximum Gasteiger partial charge on any atom is 0.410 e. The van der Waals surface area contributed by atoms with Crippen molar-refractivity contribution in [2.45, 2.75) is 45.8 Å². The van der Waals surface area contributed by atoms with Crippen LogP contribution in [0.3, 0.4) is 0 Å². The lowest BCUT2D eigenvalue weighted by Crippen LogP contribution is -2.36. The van der Waals surface area contributed by atoms with Crippen LogP contribution in [0.1, 0.15) is 43.1 Å².